The minimum absolute atomic E-state index is 0.356. The summed E-state index contributed by atoms with van der Waals surface area (Å²) in [5.41, 5.74) is 0. The van der Waals surface area contributed by atoms with E-state index in [0.29, 0.717) is 23.9 Å². The first-order valence-electron chi connectivity index (χ1n) is 6.16. The standard InChI is InChI=1S/C12H18BrN3O2/c1-3-10-8(4-5-18-10)6-14-12-15-7-9(13)11(16-12)17-2/h7-8,10H,3-6H2,1-2H3,(H,14,15,16). The van der Waals surface area contributed by atoms with E-state index in [4.69, 9.17) is 9.47 Å². The molecular formula is C12H18BrN3O2. The van der Waals surface area contributed by atoms with Crippen LogP contribution < -0.4 is 10.1 Å². The third kappa shape index (κ3) is 3.11. The number of anilines is 1. The van der Waals surface area contributed by atoms with Crippen LogP contribution in [0.1, 0.15) is 19.8 Å². The lowest BCUT2D eigenvalue weighted by Gasteiger charge is -2.17. The first-order valence-corrected chi connectivity index (χ1v) is 6.96. The van der Waals surface area contributed by atoms with Gasteiger partial charge in [0.15, 0.2) is 0 Å². The van der Waals surface area contributed by atoms with E-state index in [0.717, 1.165) is 30.5 Å². The second kappa shape index (κ2) is 6.33. The molecular weight excluding hydrogens is 298 g/mol. The summed E-state index contributed by atoms with van der Waals surface area (Å²) in [7, 11) is 1.59. The minimum atomic E-state index is 0.356. The highest BCUT2D eigenvalue weighted by Gasteiger charge is 2.26. The summed E-state index contributed by atoms with van der Waals surface area (Å²) in [6.07, 6.45) is 4.20. The van der Waals surface area contributed by atoms with E-state index < -0.39 is 0 Å². The van der Waals surface area contributed by atoms with Gasteiger partial charge < -0.3 is 14.8 Å². The number of halogens is 1. The SMILES string of the molecule is CCC1OCCC1CNc1ncc(Br)c(OC)n1. The van der Waals surface area contributed by atoms with Gasteiger partial charge in [-0.05, 0) is 28.8 Å². The van der Waals surface area contributed by atoms with Crippen LogP contribution in [0.2, 0.25) is 0 Å². The van der Waals surface area contributed by atoms with Crippen molar-refractivity contribution < 1.29 is 9.47 Å². The Labute approximate surface area is 115 Å². The molecule has 0 spiro atoms. The third-order valence-corrected chi connectivity index (χ3v) is 3.72. The van der Waals surface area contributed by atoms with Crippen LogP contribution in [0.5, 0.6) is 5.88 Å². The van der Waals surface area contributed by atoms with Gasteiger partial charge in [-0.2, -0.15) is 4.98 Å². The van der Waals surface area contributed by atoms with Gasteiger partial charge in [0.1, 0.15) is 0 Å². The smallest absolute Gasteiger partial charge is 0.232 e. The molecule has 0 radical (unpaired) electrons. The van der Waals surface area contributed by atoms with Gasteiger partial charge in [-0.1, -0.05) is 6.92 Å². The highest BCUT2D eigenvalue weighted by molar-refractivity contribution is 9.10. The van der Waals surface area contributed by atoms with Crippen molar-refractivity contribution in [2.24, 2.45) is 5.92 Å². The van der Waals surface area contributed by atoms with Crippen LogP contribution in [-0.4, -0.2) is 36.3 Å². The van der Waals surface area contributed by atoms with E-state index in [1.807, 2.05) is 0 Å². The van der Waals surface area contributed by atoms with E-state index in [2.05, 4.69) is 38.1 Å². The Morgan fingerprint density at radius 1 is 1.61 bits per heavy atom. The fourth-order valence-corrected chi connectivity index (χ4v) is 2.53. The van der Waals surface area contributed by atoms with E-state index in [9.17, 15) is 0 Å². The van der Waals surface area contributed by atoms with Gasteiger partial charge in [-0.25, -0.2) is 4.98 Å². The Hall–Kier alpha value is -0.880. The number of rotatable bonds is 5. The average Bonchev–Trinajstić information content (AvgIpc) is 2.85. The number of hydrogen-bond acceptors (Lipinski definition) is 5. The summed E-state index contributed by atoms with van der Waals surface area (Å²) in [6.45, 7) is 3.85. The lowest BCUT2D eigenvalue weighted by molar-refractivity contribution is 0.0900. The van der Waals surface area contributed by atoms with Crippen LogP contribution in [0.15, 0.2) is 10.7 Å². The molecule has 2 unspecified atom stereocenters. The van der Waals surface area contributed by atoms with E-state index in [1.165, 1.54) is 0 Å². The monoisotopic (exact) mass is 315 g/mol. The van der Waals surface area contributed by atoms with Gasteiger partial charge in [0.05, 0.1) is 23.9 Å². The second-order valence-electron chi connectivity index (χ2n) is 4.30. The molecule has 1 aromatic heterocycles. The number of nitrogens with zero attached hydrogens (tertiary/aromatic N) is 2. The van der Waals surface area contributed by atoms with Crippen molar-refractivity contribution in [3.05, 3.63) is 10.7 Å². The number of aromatic nitrogens is 2. The van der Waals surface area contributed by atoms with Gasteiger partial charge in [0.25, 0.3) is 0 Å². The average molecular weight is 316 g/mol. The van der Waals surface area contributed by atoms with Gasteiger partial charge in [0, 0.05) is 19.1 Å². The number of nitrogens with one attached hydrogen (secondary N) is 1. The molecule has 2 heterocycles. The highest BCUT2D eigenvalue weighted by Crippen LogP contribution is 2.25. The normalized spacial score (nSPS) is 23.1. The maximum Gasteiger partial charge on any atom is 0.232 e. The second-order valence-corrected chi connectivity index (χ2v) is 5.15. The molecule has 2 atom stereocenters. The summed E-state index contributed by atoms with van der Waals surface area (Å²) in [5.74, 6) is 1.67. The summed E-state index contributed by atoms with van der Waals surface area (Å²) in [4.78, 5) is 8.48. The Bertz CT molecular complexity index is 403. The zero-order valence-corrected chi connectivity index (χ0v) is 12.2. The Kier molecular flexibility index (Phi) is 4.77. The molecule has 1 saturated heterocycles. The van der Waals surface area contributed by atoms with Crippen LogP contribution in [0.4, 0.5) is 5.95 Å². The predicted octanol–water partition coefficient (Wildman–Crippen LogP) is 2.47. The van der Waals surface area contributed by atoms with Crippen LogP contribution in [0.25, 0.3) is 0 Å². The van der Waals surface area contributed by atoms with Gasteiger partial charge in [-0.15, -0.1) is 0 Å². The fourth-order valence-electron chi connectivity index (χ4n) is 2.18. The summed E-state index contributed by atoms with van der Waals surface area (Å²) < 4.78 is 11.5. The summed E-state index contributed by atoms with van der Waals surface area (Å²) in [5, 5.41) is 3.25. The lowest BCUT2D eigenvalue weighted by atomic mass is 10.00. The van der Waals surface area contributed by atoms with E-state index in [-0.39, 0.29) is 0 Å². The zero-order valence-electron chi connectivity index (χ0n) is 10.6. The predicted molar refractivity (Wildman–Crippen MR) is 72.9 cm³/mol. The molecule has 6 heteroatoms. The number of hydrogen-bond donors (Lipinski definition) is 1. The molecule has 0 amide bonds. The molecule has 1 aliphatic rings. The van der Waals surface area contributed by atoms with Gasteiger partial charge in [0.2, 0.25) is 11.8 Å². The van der Waals surface area contributed by atoms with Crippen LogP contribution in [0, 0.1) is 5.92 Å². The first kappa shape index (κ1) is 13.5. The van der Waals surface area contributed by atoms with Crippen molar-refractivity contribution in [3.63, 3.8) is 0 Å². The molecule has 2 rings (SSSR count). The molecule has 1 aliphatic heterocycles. The van der Waals surface area contributed by atoms with Crippen molar-refractivity contribution in [2.75, 3.05) is 25.6 Å². The van der Waals surface area contributed by atoms with E-state index >= 15 is 0 Å². The van der Waals surface area contributed by atoms with Crippen LogP contribution >= 0.6 is 15.9 Å². The minimum Gasteiger partial charge on any atom is -0.480 e. The van der Waals surface area contributed by atoms with Crippen molar-refractivity contribution in [3.8, 4) is 5.88 Å². The fraction of sp³-hybridized carbons (Fsp3) is 0.667. The molecule has 100 valence electrons. The summed E-state index contributed by atoms with van der Waals surface area (Å²) in [6, 6.07) is 0. The molecule has 1 aromatic rings. The quantitative estimate of drug-likeness (QED) is 0.904. The topological polar surface area (TPSA) is 56.3 Å². The Morgan fingerprint density at radius 3 is 3.17 bits per heavy atom. The largest absolute Gasteiger partial charge is 0.480 e. The molecule has 18 heavy (non-hydrogen) atoms. The molecule has 0 saturated carbocycles. The molecule has 1 N–H and O–H groups in total. The van der Waals surface area contributed by atoms with E-state index in [1.54, 1.807) is 13.3 Å². The molecule has 0 aromatic carbocycles. The highest BCUT2D eigenvalue weighted by atomic mass is 79.9. The maximum atomic E-state index is 5.65. The Balaban J connectivity index is 1.93. The van der Waals surface area contributed by atoms with Gasteiger partial charge >= 0.3 is 0 Å². The van der Waals surface area contributed by atoms with Crippen LogP contribution in [0.3, 0.4) is 0 Å². The van der Waals surface area contributed by atoms with Crippen molar-refractivity contribution in [2.45, 2.75) is 25.9 Å². The van der Waals surface area contributed by atoms with Crippen molar-refractivity contribution >= 4 is 21.9 Å². The van der Waals surface area contributed by atoms with Crippen molar-refractivity contribution in [1.82, 2.24) is 9.97 Å². The van der Waals surface area contributed by atoms with Crippen LogP contribution in [-0.2, 0) is 4.74 Å². The molecule has 0 bridgehead atoms. The molecule has 5 nitrogen and oxygen atoms in total. The summed E-state index contributed by atoms with van der Waals surface area (Å²) >= 11 is 3.33. The first-order chi connectivity index (χ1) is 8.74. The Morgan fingerprint density at radius 2 is 2.44 bits per heavy atom. The number of ether oxygens (including phenoxy) is 2. The van der Waals surface area contributed by atoms with Gasteiger partial charge in [-0.3, -0.25) is 0 Å². The molecule has 1 fully saturated rings. The third-order valence-electron chi connectivity index (χ3n) is 3.18. The molecule has 0 aliphatic carbocycles. The zero-order chi connectivity index (χ0) is 13.0. The van der Waals surface area contributed by atoms with Crippen molar-refractivity contribution in [1.29, 1.82) is 0 Å². The maximum absolute atomic E-state index is 5.65. The number of methoxy groups -OCH3 is 1. The lowest BCUT2D eigenvalue weighted by Crippen LogP contribution is -2.23.